The molecular weight excluding hydrogens is 354 g/mol. The van der Waals surface area contributed by atoms with Crippen LogP contribution in [0.1, 0.15) is 41.6 Å². The minimum atomic E-state index is -0.204. The smallest absolute Gasteiger partial charge is 0.255 e. The molecule has 4 rings (SSSR count). The van der Waals surface area contributed by atoms with Crippen molar-refractivity contribution in [3.8, 4) is 0 Å². The molecule has 0 radical (unpaired) electrons. The number of carbonyl (C=O) groups is 3. The van der Waals surface area contributed by atoms with E-state index in [1.165, 1.54) is 0 Å². The van der Waals surface area contributed by atoms with Gasteiger partial charge in [-0.2, -0.15) is 0 Å². The van der Waals surface area contributed by atoms with Gasteiger partial charge in [0.25, 0.3) is 5.91 Å². The van der Waals surface area contributed by atoms with E-state index in [1.807, 2.05) is 23.1 Å². The Labute approximate surface area is 163 Å². The standard InChI is InChI=1S/C22H23N3O3/c26-20-5-2-12-25(20)14-15-3-1-4-17(13-15)22(28)24-19-10-8-18(9-11-19)23-21(27)16-6-7-16/h1,3-4,8-11,13,16H,2,5-7,12,14H2,(H,23,27)(H,24,28). The molecule has 0 atom stereocenters. The second-order valence-electron chi connectivity index (χ2n) is 7.41. The lowest BCUT2D eigenvalue weighted by atomic mass is 10.1. The van der Waals surface area contributed by atoms with E-state index in [9.17, 15) is 14.4 Å². The third kappa shape index (κ3) is 4.39. The summed E-state index contributed by atoms with van der Waals surface area (Å²) in [5, 5.41) is 5.75. The van der Waals surface area contributed by atoms with E-state index >= 15 is 0 Å². The van der Waals surface area contributed by atoms with Gasteiger partial charge in [-0.1, -0.05) is 12.1 Å². The minimum Gasteiger partial charge on any atom is -0.338 e. The van der Waals surface area contributed by atoms with Gasteiger partial charge < -0.3 is 15.5 Å². The lowest BCUT2D eigenvalue weighted by Gasteiger charge is -2.16. The summed E-state index contributed by atoms with van der Waals surface area (Å²) in [6.07, 6.45) is 3.43. The van der Waals surface area contributed by atoms with Crippen molar-refractivity contribution >= 4 is 29.1 Å². The SMILES string of the molecule is O=C(Nc1ccc(NC(=O)C2CC2)cc1)c1cccc(CN2CCCC2=O)c1. The molecule has 2 aromatic carbocycles. The number of amides is 3. The minimum absolute atomic E-state index is 0.0603. The molecule has 28 heavy (non-hydrogen) atoms. The van der Waals surface area contributed by atoms with Gasteiger partial charge in [-0.25, -0.2) is 0 Å². The predicted molar refractivity (Wildman–Crippen MR) is 107 cm³/mol. The molecule has 2 aliphatic rings. The molecule has 0 aromatic heterocycles. The van der Waals surface area contributed by atoms with Gasteiger partial charge in [0.1, 0.15) is 0 Å². The molecule has 6 heteroatoms. The highest BCUT2D eigenvalue weighted by molar-refractivity contribution is 6.04. The summed E-state index contributed by atoms with van der Waals surface area (Å²) in [7, 11) is 0. The fourth-order valence-corrected chi connectivity index (χ4v) is 3.33. The van der Waals surface area contributed by atoms with E-state index in [0.717, 1.165) is 37.1 Å². The number of carbonyl (C=O) groups excluding carboxylic acids is 3. The summed E-state index contributed by atoms with van der Waals surface area (Å²) >= 11 is 0. The van der Waals surface area contributed by atoms with Crippen LogP contribution >= 0.6 is 0 Å². The highest BCUT2D eigenvalue weighted by Gasteiger charge is 2.29. The molecule has 1 aliphatic carbocycles. The lowest BCUT2D eigenvalue weighted by Crippen LogP contribution is -2.24. The lowest BCUT2D eigenvalue weighted by molar-refractivity contribution is -0.128. The zero-order valence-electron chi connectivity index (χ0n) is 15.6. The van der Waals surface area contributed by atoms with Crippen molar-refractivity contribution in [3.05, 3.63) is 59.7 Å². The van der Waals surface area contributed by atoms with Gasteiger partial charge in [-0.05, 0) is 61.2 Å². The van der Waals surface area contributed by atoms with Crippen LogP contribution in [0, 0.1) is 5.92 Å². The second-order valence-corrected chi connectivity index (χ2v) is 7.41. The van der Waals surface area contributed by atoms with Crippen molar-refractivity contribution < 1.29 is 14.4 Å². The van der Waals surface area contributed by atoms with Crippen LogP contribution in [0.15, 0.2) is 48.5 Å². The zero-order valence-corrected chi connectivity index (χ0v) is 15.6. The molecule has 1 saturated heterocycles. The van der Waals surface area contributed by atoms with Crippen molar-refractivity contribution in [2.75, 3.05) is 17.2 Å². The summed E-state index contributed by atoms with van der Waals surface area (Å²) < 4.78 is 0. The van der Waals surface area contributed by atoms with Crippen LogP contribution in [0.2, 0.25) is 0 Å². The van der Waals surface area contributed by atoms with Crippen molar-refractivity contribution in [1.29, 1.82) is 0 Å². The Balaban J connectivity index is 1.37. The average Bonchev–Trinajstić information content (AvgIpc) is 3.48. The first-order chi connectivity index (χ1) is 13.6. The molecule has 0 unspecified atom stereocenters. The summed E-state index contributed by atoms with van der Waals surface area (Å²) in [4.78, 5) is 38.0. The Morgan fingerprint density at radius 2 is 1.71 bits per heavy atom. The topological polar surface area (TPSA) is 78.5 Å². The van der Waals surface area contributed by atoms with E-state index in [1.54, 1.807) is 30.3 Å². The average molecular weight is 377 g/mol. The van der Waals surface area contributed by atoms with Gasteiger partial charge in [0.05, 0.1) is 0 Å². The number of hydrogen-bond acceptors (Lipinski definition) is 3. The van der Waals surface area contributed by atoms with Crippen LogP contribution in [0.5, 0.6) is 0 Å². The molecule has 1 saturated carbocycles. The molecule has 2 aromatic rings. The molecule has 2 N–H and O–H groups in total. The molecule has 1 aliphatic heterocycles. The Hall–Kier alpha value is -3.15. The van der Waals surface area contributed by atoms with Gasteiger partial charge in [-0.3, -0.25) is 14.4 Å². The third-order valence-corrected chi connectivity index (χ3v) is 5.09. The normalized spacial score (nSPS) is 16.1. The number of hydrogen-bond donors (Lipinski definition) is 2. The van der Waals surface area contributed by atoms with E-state index < -0.39 is 0 Å². The number of rotatable bonds is 6. The molecule has 1 heterocycles. The van der Waals surface area contributed by atoms with Crippen LogP contribution in [-0.4, -0.2) is 29.2 Å². The largest absolute Gasteiger partial charge is 0.338 e. The fraction of sp³-hybridized carbons (Fsp3) is 0.318. The quantitative estimate of drug-likeness (QED) is 0.810. The molecule has 0 bridgehead atoms. The first kappa shape index (κ1) is 18.2. The van der Waals surface area contributed by atoms with Crippen LogP contribution in [0.25, 0.3) is 0 Å². The summed E-state index contributed by atoms with van der Waals surface area (Å²) in [6.45, 7) is 1.31. The Kier molecular flexibility index (Phi) is 5.10. The molecule has 2 fully saturated rings. The Bertz CT molecular complexity index is 903. The summed E-state index contributed by atoms with van der Waals surface area (Å²) in [5.41, 5.74) is 2.89. The third-order valence-electron chi connectivity index (χ3n) is 5.09. The van der Waals surface area contributed by atoms with Gasteiger partial charge >= 0.3 is 0 Å². The number of benzene rings is 2. The maximum atomic E-state index is 12.6. The van der Waals surface area contributed by atoms with Crippen molar-refractivity contribution in [1.82, 2.24) is 4.90 Å². The highest BCUT2D eigenvalue weighted by atomic mass is 16.2. The molecule has 3 amide bonds. The van der Waals surface area contributed by atoms with E-state index in [2.05, 4.69) is 10.6 Å². The summed E-state index contributed by atoms with van der Waals surface area (Å²) in [6, 6.07) is 14.5. The van der Waals surface area contributed by atoms with Crippen LogP contribution < -0.4 is 10.6 Å². The van der Waals surface area contributed by atoms with Crippen LogP contribution in [0.3, 0.4) is 0 Å². The van der Waals surface area contributed by atoms with Gasteiger partial charge in [0.15, 0.2) is 0 Å². The van der Waals surface area contributed by atoms with Gasteiger partial charge in [0, 0.05) is 42.4 Å². The van der Waals surface area contributed by atoms with E-state index in [0.29, 0.717) is 24.2 Å². The van der Waals surface area contributed by atoms with E-state index in [4.69, 9.17) is 0 Å². The fourth-order valence-electron chi connectivity index (χ4n) is 3.33. The second kappa shape index (κ2) is 7.84. The Morgan fingerprint density at radius 1 is 1.00 bits per heavy atom. The number of nitrogens with zero attached hydrogens (tertiary/aromatic N) is 1. The number of anilines is 2. The van der Waals surface area contributed by atoms with Crippen molar-refractivity contribution in [2.24, 2.45) is 5.92 Å². The molecule has 0 spiro atoms. The van der Waals surface area contributed by atoms with E-state index in [-0.39, 0.29) is 23.6 Å². The zero-order chi connectivity index (χ0) is 19.5. The number of nitrogens with one attached hydrogen (secondary N) is 2. The van der Waals surface area contributed by atoms with Gasteiger partial charge in [-0.15, -0.1) is 0 Å². The van der Waals surface area contributed by atoms with Crippen molar-refractivity contribution in [3.63, 3.8) is 0 Å². The highest BCUT2D eigenvalue weighted by Crippen LogP contribution is 2.30. The number of likely N-dealkylation sites (tertiary alicyclic amines) is 1. The van der Waals surface area contributed by atoms with Gasteiger partial charge in [0.2, 0.25) is 11.8 Å². The predicted octanol–water partition coefficient (Wildman–Crippen LogP) is 3.41. The molecular formula is C22H23N3O3. The summed E-state index contributed by atoms with van der Waals surface area (Å²) in [5.74, 6) is 0.181. The monoisotopic (exact) mass is 377 g/mol. The maximum absolute atomic E-state index is 12.6. The van der Waals surface area contributed by atoms with Crippen LogP contribution in [-0.2, 0) is 16.1 Å². The molecule has 6 nitrogen and oxygen atoms in total. The first-order valence-corrected chi connectivity index (χ1v) is 9.67. The Morgan fingerprint density at radius 3 is 2.36 bits per heavy atom. The maximum Gasteiger partial charge on any atom is 0.255 e. The first-order valence-electron chi connectivity index (χ1n) is 9.67. The van der Waals surface area contributed by atoms with Crippen molar-refractivity contribution in [2.45, 2.75) is 32.2 Å². The molecule has 144 valence electrons. The van der Waals surface area contributed by atoms with Crippen LogP contribution in [0.4, 0.5) is 11.4 Å².